The first-order valence-corrected chi connectivity index (χ1v) is 17.0. The summed E-state index contributed by atoms with van der Waals surface area (Å²) in [6.45, 7) is 3.86. The van der Waals surface area contributed by atoms with E-state index in [9.17, 15) is 19.8 Å². The summed E-state index contributed by atoms with van der Waals surface area (Å²) in [6.07, 6.45) is 1.61. The second kappa shape index (κ2) is 14.0. The van der Waals surface area contributed by atoms with Crippen LogP contribution in [0.15, 0.2) is 120 Å². The van der Waals surface area contributed by atoms with Crippen LogP contribution < -0.4 is 0 Å². The van der Waals surface area contributed by atoms with E-state index in [2.05, 4.69) is 25.9 Å². The van der Waals surface area contributed by atoms with E-state index in [4.69, 9.17) is 9.47 Å². The van der Waals surface area contributed by atoms with E-state index >= 15 is 0 Å². The largest absolute Gasteiger partial charge is 0.505 e. The Hall–Kier alpha value is -6.20. The lowest BCUT2D eigenvalue weighted by Crippen LogP contribution is -2.08. The summed E-state index contributed by atoms with van der Waals surface area (Å²) in [6, 6.07) is 35.1. The molecule has 0 radical (unpaired) electrons. The molecule has 4 heterocycles. The van der Waals surface area contributed by atoms with Crippen LogP contribution in [0.2, 0.25) is 0 Å². The van der Waals surface area contributed by atoms with Gasteiger partial charge in [-0.05, 0) is 66.2 Å². The van der Waals surface area contributed by atoms with Gasteiger partial charge in [0.25, 0.3) is 0 Å². The number of aromatic nitrogens is 4. The molecular weight excluding hydrogens is 712 g/mol. The van der Waals surface area contributed by atoms with Gasteiger partial charge in [0.15, 0.2) is 22.9 Å². The van der Waals surface area contributed by atoms with Crippen LogP contribution in [0.1, 0.15) is 34.8 Å². The Labute approximate surface area is 300 Å². The number of fused-ring (bicyclic) bond motifs is 6. The molecule has 11 heteroatoms. The van der Waals surface area contributed by atoms with E-state index in [0.717, 1.165) is 38.7 Å². The molecule has 0 aliphatic heterocycles. The van der Waals surface area contributed by atoms with E-state index in [0.29, 0.717) is 20.9 Å². The first-order chi connectivity index (χ1) is 24.8. The molecule has 0 fully saturated rings. The third-order valence-corrected chi connectivity index (χ3v) is 8.95. The van der Waals surface area contributed by atoms with Crippen molar-refractivity contribution >= 4 is 71.5 Å². The van der Waals surface area contributed by atoms with Crippen LogP contribution in [0, 0.1) is 0 Å². The number of esters is 2. The van der Waals surface area contributed by atoms with E-state index in [1.165, 1.54) is 0 Å². The number of hydrogen-bond donors (Lipinski definition) is 2. The smallest absolute Gasteiger partial charge is 0.360 e. The Kier molecular flexibility index (Phi) is 9.12. The fourth-order valence-electron chi connectivity index (χ4n) is 6.32. The second-order valence-corrected chi connectivity index (χ2v) is 12.1. The van der Waals surface area contributed by atoms with Crippen molar-refractivity contribution in [1.29, 1.82) is 0 Å². The monoisotopic (exact) mass is 742 g/mol. The summed E-state index contributed by atoms with van der Waals surface area (Å²) in [4.78, 5) is 32.7. The fourth-order valence-corrected chi connectivity index (χ4v) is 6.88. The second-order valence-electron chi connectivity index (χ2n) is 11.4. The maximum absolute atomic E-state index is 12.2. The number of benzene rings is 4. The van der Waals surface area contributed by atoms with Gasteiger partial charge in [0.2, 0.25) is 0 Å². The molecule has 0 amide bonds. The van der Waals surface area contributed by atoms with E-state index < -0.39 is 11.9 Å². The zero-order valence-electron chi connectivity index (χ0n) is 27.6. The fraction of sp³-hybridized carbons (Fsp3) is 0.100. The molecule has 8 aromatic rings. The molecule has 254 valence electrons. The molecule has 51 heavy (non-hydrogen) atoms. The minimum absolute atomic E-state index is 0.0645. The van der Waals surface area contributed by atoms with Crippen molar-refractivity contribution in [3.05, 3.63) is 131 Å². The maximum atomic E-state index is 12.2. The number of aromatic hydroxyl groups is 2. The molecular formula is C40H31BrN4O6. The van der Waals surface area contributed by atoms with Crippen LogP contribution in [0.4, 0.5) is 0 Å². The van der Waals surface area contributed by atoms with Crippen molar-refractivity contribution < 1.29 is 29.3 Å². The Morgan fingerprint density at radius 2 is 1.10 bits per heavy atom. The van der Waals surface area contributed by atoms with Crippen molar-refractivity contribution in [1.82, 2.24) is 19.1 Å². The SMILES string of the molecule is CCOC(=O)c1nc(Br)c2c(c1O)c1ccccc1n2-c1ccccc1.CCOC(=O)c1ncc2c(c1O)c1ccccc1n2-c1ccccc1. The van der Waals surface area contributed by atoms with Gasteiger partial charge in [0, 0.05) is 22.1 Å². The van der Waals surface area contributed by atoms with Gasteiger partial charge in [-0.3, -0.25) is 0 Å². The number of halogens is 1. The molecule has 0 spiro atoms. The highest BCUT2D eigenvalue weighted by molar-refractivity contribution is 9.10. The third kappa shape index (κ3) is 5.81. The lowest BCUT2D eigenvalue weighted by molar-refractivity contribution is 0.0506. The molecule has 0 aliphatic rings. The predicted octanol–water partition coefficient (Wildman–Crippen LogP) is 8.88. The Bertz CT molecular complexity index is 2580. The average Bonchev–Trinajstić information content (AvgIpc) is 3.69. The molecule has 0 unspecified atom stereocenters. The van der Waals surface area contributed by atoms with Crippen molar-refractivity contribution in [2.45, 2.75) is 13.8 Å². The highest BCUT2D eigenvalue weighted by Crippen LogP contribution is 2.42. The van der Waals surface area contributed by atoms with Crippen molar-refractivity contribution in [3.8, 4) is 22.9 Å². The van der Waals surface area contributed by atoms with Crippen LogP contribution >= 0.6 is 15.9 Å². The zero-order valence-corrected chi connectivity index (χ0v) is 29.2. The first-order valence-electron chi connectivity index (χ1n) is 16.2. The molecule has 0 bridgehead atoms. The molecule has 10 nitrogen and oxygen atoms in total. The predicted molar refractivity (Wildman–Crippen MR) is 200 cm³/mol. The highest BCUT2D eigenvalue weighted by Gasteiger charge is 2.25. The van der Waals surface area contributed by atoms with Gasteiger partial charge in [-0.25, -0.2) is 19.6 Å². The molecule has 0 saturated carbocycles. The van der Waals surface area contributed by atoms with Crippen LogP contribution in [-0.2, 0) is 9.47 Å². The summed E-state index contributed by atoms with van der Waals surface area (Å²) in [5.41, 5.74) is 5.01. The van der Waals surface area contributed by atoms with Gasteiger partial charge in [0.1, 0.15) is 4.60 Å². The summed E-state index contributed by atoms with van der Waals surface area (Å²) in [5.74, 6) is -1.60. The van der Waals surface area contributed by atoms with E-state index in [1.807, 2.05) is 118 Å². The average molecular weight is 744 g/mol. The molecule has 0 aliphatic carbocycles. The molecule has 0 saturated heterocycles. The van der Waals surface area contributed by atoms with Gasteiger partial charge in [0.05, 0.1) is 52.2 Å². The summed E-state index contributed by atoms with van der Waals surface area (Å²) >= 11 is 3.48. The topological polar surface area (TPSA) is 129 Å². The summed E-state index contributed by atoms with van der Waals surface area (Å²) in [5, 5.41) is 24.4. The molecule has 4 aromatic carbocycles. The molecule has 4 aromatic heterocycles. The maximum Gasteiger partial charge on any atom is 0.360 e. The lowest BCUT2D eigenvalue weighted by Gasteiger charge is -2.10. The van der Waals surface area contributed by atoms with E-state index in [1.54, 1.807) is 20.0 Å². The van der Waals surface area contributed by atoms with E-state index in [-0.39, 0.29) is 36.1 Å². The Balaban J connectivity index is 0.000000159. The van der Waals surface area contributed by atoms with Crippen LogP contribution in [0.25, 0.3) is 55.0 Å². The minimum atomic E-state index is -0.649. The van der Waals surface area contributed by atoms with Crippen LogP contribution in [0.3, 0.4) is 0 Å². The number of hydrogen-bond acceptors (Lipinski definition) is 8. The van der Waals surface area contributed by atoms with Gasteiger partial charge in [-0.2, -0.15) is 0 Å². The van der Waals surface area contributed by atoms with Crippen molar-refractivity contribution in [2.24, 2.45) is 0 Å². The quantitative estimate of drug-likeness (QED) is 0.128. The first kappa shape index (κ1) is 33.3. The minimum Gasteiger partial charge on any atom is -0.505 e. The van der Waals surface area contributed by atoms with Gasteiger partial charge < -0.3 is 28.8 Å². The number of para-hydroxylation sites is 4. The molecule has 0 atom stereocenters. The number of carbonyl (C=O) groups is 2. The Morgan fingerprint density at radius 1 is 0.627 bits per heavy atom. The number of carbonyl (C=O) groups excluding carboxylic acids is 2. The summed E-state index contributed by atoms with van der Waals surface area (Å²) < 4.78 is 14.5. The van der Waals surface area contributed by atoms with Crippen LogP contribution in [-0.4, -0.2) is 54.5 Å². The van der Waals surface area contributed by atoms with Gasteiger partial charge in [-0.1, -0.05) is 72.8 Å². The number of ether oxygens (including phenoxy) is 2. The Morgan fingerprint density at radius 3 is 1.69 bits per heavy atom. The third-order valence-electron chi connectivity index (χ3n) is 8.40. The summed E-state index contributed by atoms with van der Waals surface area (Å²) in [7, 11) is 0. The number of rotatable bonds is 6. The normalized spacial score (nSPS) is 11.1. The van der Waals surface area contributed by atoms with Crippen molar-refractivity contribution in [3.63, 3.8) is 0 Å². The number of nitrogens with zero attached hydrogens (tertiary/aromatic N) is 4. The lowest BCUT2D eigenvalue weighted by atomic mass is 10.1. The zero-order chi connectivity index (χ0) is 35.6. The van der Waals surface area contributed by atoms with Gasteiger partial charge in [-0.15, -0.1) is 0 Å². The van der Waals surface area contributed by atoms with Crippen LogP contribution in [0.5, 0.6) is 11.5 Å². The molecule has 2 N–H and O–H groups in total. The number of pyridine rings is 2. The standard InChI is InChI=1S/C20H15BrN2O3.C20H16N2O3/c1-2-26-20(25)16-18(24)15-13-10-6-7-11-14(13)23(17(15)19(21)22-16)12-8-4-3-5-9-12;1-2-25-20(24)18-19(23)17-14-10-6-7-11-15(14)22(16(17)12-21-18)13-8-4-3-5-9-13/h3-11,24H,2H2,1H3;3-12,23H,2H2,1H3. The highest BCUT2D eigenvalue weighted by atomic mass is 79.9. The van der Waals surface area contributed by atoms with Gasteiger partial charge >= 0.3 is 11.9 Å². The van der Waals surface area contributed by atoms with Crippen molar-refractivity contribution in [2.75, 3.05) is 13.2 Å². The molecule has 8 rings (SSSR count).